The minimum absolute atomic E-state index is 0.156. The Labute approximate surface area is 82.6 Å². The molecule has 1 aromatic rings. The molecule has 1 heterocycles. The lowest BCUT2D eigenvalue weighted by molar-refractivity contribution is 0.0971. The molecule has 0 unspecified atom stereocenters. The number of hydrogen-bond acceptors (Lipinski definition) is 3. The van der Waals surface area contributed by atoms with Crippen molar-refractivity contribution in [3.63, 3.8) is 0 Å². The highest BCUT2D eigenvalue weighted by Crippen LogP contribution is 2.39. The Hall–Kier alpha value is -1.03. The number of nitrogens with two attached hydrogens (primary N) is 1. The van der Waals surface area contributed by atoms with Crippen LogP contribution >= 0.6 is 0 Å². The fraction of sp³-hybridized carbons (Fsp3) is 0.600. The zero-order valence-corrected chi connectivity index (χ0v) is 7.99. The molecule has 1 saturated carbocycles. The van der Waals surface area contributed by atoms with Crippen LogP contribution < -0.4 is 5.73 Å². The van der Waals surface area contributed by atoms with Crippen molar-refractivity contribution < 1.29 is 4.39 Å². The van der Waals surface area contributed by atoms with Crippen molar-refractivity contribution in [2.45, 2.75) is 37.4 Å². The standard InChI is InChI=1S/C10H14FN3/c11-10(3-1-9(12)2-4-10)8-5-13-7-14-6-8/h5-7,9H,1-4,12H2. The van der Waals surface area contributed by atoms with Crippen LogP contribution in [0.5, 0.6) is 0 Å². The summed E-state index contributed by atoms with van der Waals surface area (Å²) in [5, 5.41) is 0. The van der Waals surface area contributed by atoms with Gasteiger partial charge in [-0.05, 0) is 25.7 Å². The highest BCUT2D eigenvalue weighted by molar-refractivity contribution is 5.15. The lowest BCUT2D eigenvalue weighted by Crippen LogP contribution is -2.34. The van der Waals surface area contributed by atoms with Gasteiger partial charge in [0.15, 0.2) is 0 Å². The molecule has 0 spiro atoms. The number of nitrogens with zero attached hydrogens (tertiary/aromatic N) is 2. The lowest BCUT2D eigenvalue weighted by atomic mass is 9.80. The second kappa shape index (κ2) is 3.61. The number of halogens is 1. The summed E-state index contributed by atoms with van der Waals surface area (Å²) in [5.74, 6) is 0. The second-order valence-electron chi connectivity index (χ2n) is 3.93. The first-order valence-electron chi connectivity index (χ1n) is 4.91. The van der Waals surface area contributed by atoms with E-state index in [0.29, 0.717) is 18.4 Å². The van der Waals surface area contributed by atoms with Crippen molar-refractivity contribution in [3.05, 3.63) is 24.3 Å². The summed E-state index contributed by atoms with van der Waals surface area (Å²) in [6, 6.07) is 0.156. The molecule has 76 valence electrons. The van der Waals surface area contributed by atoms with Crippen LogP contribution in [0.2, 0.25) is 0 Å². The second-order valence-corrected chi connectivity index (χ2v) is 3.93. The molecule has 14 heavy (non-hydrogen) atoms. The third-order valence-corrected chi connectivity index (χ3v) is 2.90. The summed E-state index contributed by atoms with van der Waals surface area (Å²) in [5.41, 5.74) is 5.07. The first kappa shape index (κ1) is 9.52. The quantitative estimate of drug-likeness (QED) is 0.739. The molecule has 0 aliphatic heterocycles. The molecule has 1 aromatic heterocycles. The van der Waals surface area contributed by atoms with Gasteiger partial charge in [-0.25, -0.2) is 14.4 Å². The summed E-state index contributed by atoms with van der Waals surface area (Å²) in [4.78, 5) is 7.68. The summed E-state index contributed by atoms with van der Waals surface area (Å²) < 4.78 is 14.3. The molecule has 0 bridgehead atoms. The van der Waals surface area contributed by atoms with E-state index in [0.717, 1.165) is 12.8 Å². The molecule has 1 aliphatic carbocycles. The largest absolute Gasteiger partial charge is 0.328 e. The Morgan fingerprint density at radius 3 is 2.43 bits per heavy atom. The molecular weight excluding hydrogens is 181 g/mol. The van der Waals surface area contributed by atoms with Crippen LogP contribution in [0.15, 0.2) is 18.7 Å². The van der Waals surface area contributed by atoms with E-state index in [1.807, 2.05) is 0 Å². The molecular formula is C10H14FN3. The average Bonchev–Trinajstić information content (AvgIpc) is 2.24. The first-order chi connectivity index (χ1) is 6.71. The summed E-state index contributed by atoms with van der Waals surface area (Å²) in [6.45, 7) is 0. The van der Waals surface area contributed by atoms with E-state index >= 15 is 0 Å². The highest BCUT2D eigenvalue weighted by Gasteiger charge is 2.36. The maximum absolute atomic E-state index is 14.3. The molecule has 0 amide bonds. The molecule has 0 saturated heterocycles. The summed E-state index contributed by atoms with van der Waals surface area (Å²) in [6.07, 6.45) is 7.00. The Balaban J connectivity index is 2.17. The van der Waals surface area contributed by atoms with Gasteiger partial charge >= 0.3 is 0 Å². The van der Waals surface area contributed by atoms with E-state index in [9.17, 15) is 4.39 Å². The van der Waals surface area contributed by atoms with Crippen molar-refractivity contribution in [1.82, 2.24) is 9.97 Å². The predicted octanol–water partition coefficient (Wildman–Crippen LogP) is 1.54. The van der Waals surface area contributed by atoms with E-state index in [-0.39, 0.29) is 6.04 Å². The summed E-state index contributed by atoms with van der Waals surface area (Å²) >= 11 is 0. The topological polar surface area (TPSA) is 51.8 Å². The van der Waals surface area contributed by atoms with Crippen LogP contribution in [-0.4, -0.2) is 16.0 Å². The van der Waals surface area contributed by atoms with Gasteiger partial charge in [-0.2, -0.15) is 0 Å². The van der Waals surface area contributed by atoms with Gasteiger partial charge in [0.25, 0.3) is 0 Å². The monoisotopic (exact) mass is 195 g/mol. The molecule has 0 atom stereocenters. The van der Waals surface area contributed by atoms with Gasteiger partial charge in [-0.3, -0.25) is 0 Å². The number of alkyl halides is 1. The van der Waals surface area contributed by atoms with Gasteiger partial charge in [-0.15, -0.1) is 0 Å². The van der Waals surface area contributed by atoms with E-state index in [4.69, 9.17) is 5.73 Å². The minimum atomic E-state index is -1.25. The van der Waals surface area contributed by atoms with Crippen molar-refractivity contribution in [3.8, 4) is 0 Å². The van der Waals surface area contributed by atoms with Crippen molar-refractivity contribution in [1.29, 1.82) is 0 Å². The number of aromatic nitrogens is 2. The number of hydrogen-bond donors (Lipinski definition) is 1. The van der Waals surface area contributed by atoms with E-state index in [2.05, 4.69) is 9.97 Å². The molecule has 0 radical (unpaired) electrons. The fourth-order valence-electron chi connectivity index (χ4n) is 1.92. The highest BCUT2D eigenvalue weighted by atomic mass is 19.1. The van der Waals surface area contributed by atoms with Gasteiger partial charge in [0.05, 0.1) is 0 Å². The van der Waals surface area contributed by atoms with Gasteiger partial charge in [0, 0.05) is 24.0 Å². The molecule has 0 aromatic carbocycles. The molecule has 4 heteroatoms. The molecule has 2 rings (SSSR count). The summed E-state index contributed by atoms with van der Waals surface area (Å²) in [7, 11) is 0. The fourth-order valence-corrected chi connectivity index (χ4v) is 1.92. The van der Waals surface area contributed by atoms with Gasteiger partial charge in [0.2, 0.25) is 0 Å². The molecule has 1 fully saturated rings. The van der Waals surface area contributed by atoms with Crippen molar-refractivity contribution >= 4 is 0 Å². The van der Waals surface area contributed by atoms with E-state index in [1.165, 1.54) is 6.33 Å². The average molecular weight is 195 g/mol. The first-order valence-corrected chi connectivity index (χ1v) is 4.91. The van der Waals surface area contributed by atoms with Gasteiger partial charge in [-0.1, -0.05) is 0 Å². The van der Waals surface area contributed by atoms with E-state index in [1.54, 1.807) is 12.4 Å². The van der Waals surface area contributed by atoms with Crippen LogP contribution in [0.3, 0.4) is 0 Å². The minimum Gasteiger partial charge on any atom is -0.328 e. The normalized spacial score (nSPS) is 32.9. The molecule has 3 nitrogen and oxygen atoms in total. The Morgan fingerprint density at radius 1 is 1.29 bits per heavy atom. The third-order valence-electron chi connectivity index (χ3n) is 2.90. The SMILES string of the molecule is NC1CCC(F)(c2cncnc2)CC1. The van der Waals surface area contributed by atoms with Gasteiger partial charge in [0.1, 0.15) is 12.0 Å². The van der Waals surface area contributed by atoms with Crippen LogP contribution in [-0.2, 0) is 5.67 Å². The van der Waals surface area contributed by atoms with Crippen molar-refractivity contribution in [2.24, 2.45) is 5.73 Å². The van der Waals surface area contributed by atoms with Crippen molar-refractivity contribution in [2.75, 3.05) is 0 Å². The third kappa shape index (κ3) is 1.75. The van der Waals surface area contributed by atoms with Crippen LogP contribution in [0.25, 0.3) is 0 Å². The van der Waals surface area contributed by atoms with Crippen LogP contribution in [0, 0.1) is 0 Å². The molecule has 1 aliphatic rings. The van der Waals surface area contributed by atoms with Gasteiger partial charge < -0.3 is 5.73 Å². The zero-order chi connectivity index (χ0) is 10.0. The maximum atomic E-state index is 14.3. The molecule has 2 N–H and O–H groups in total. The predicted molar refractivity (Wildman–Crippen MR) is 51.3 cm³/mol. The van der Waals surface area contributed by atoms with Crippen LogP contribution in [0.4, 0.5) is 4.39 Å². The van der Waals surface area contributed by atoms with E-state index < -0.39 is 5.67 Å². The Bertz CT molecular complexity index is 293. The smallest absolute Gasteiger partial charge is 0.139 e. The number of rotatable bonds is 1. The van der Waals surface area contributed by atoms with Crippen LogP contribution in [0.1, 0.15) is 31.2 Å². The Kier molecular flexibility index (Phi) is 2.46. The zero-order valence-electron chi connectivity index (χ0n) is 7.99. The lowest BCUT2D eigenvalue weighted by Gasteiger charge is -2.32. The maximum Gasteiger partial charge on any atom is 0.139 e. The Morgan fingerprint density at radius 2 is 1.86 bits per heavy atom.